The average molecular weight is 388 g/mol. The highest BCUT2D eigenvalue weighted by molar-refractivity contribution is 5.85. The summed E-state index contributed by atoms with van der Waals surface area (Å²) in [5, 5.41) is 38.6. The largest absolute Gasteiger partial charge is 0.478 e. The fourth-order valence-electron chi connectivity index (χ4n) is 0. The predicted molar refractivity (Wildman–Crippen MR) is 98.4 cm³/mol. The number of hydrogen-bond acceptors (Lipinski definition) is 5. The maximum Gasteiger partial charge on any atom is 0.330 e. The molecule has 0 amide bonds. The summed E-state index contributed by atoms with van der Waals surface area (Å²) in [5.41, 5.74) is 0.352. The second-order valence-electron chi connectivity index (χ2n) is 3.80. The minimum absolute atomic E-state index is 0.176. The van der Waals surface area contributed by atoms with Gasteiger partial charge in [-0.15, -0.1) is 0 Å². The van der Waals surface area contributed by atoms with Gasteiger partial charge in [-0.05, 0) is 13.8 Å². The molecule has 0 saturated heterocycles. The highest BCUT2D eigenvalue weighted by Gasteiger charge is 1.90. The van der Waals surface area contributed by atoms with E-state index in [0.29, 0.717) is 0 Å². The molecule has 0 aromatic heterocycles. The first-order valence-electron chi connectivity index (χ1n) is 6.44. The van der Waals surface area contributed by atoms with Gasteiger partial charge in [0.15, 0.2) is 0 Å². The summed E-state index contributed by atoms with van der Waals surface area (Å²) >= 11 is 0. The fourth-order valence-corrected chi connectivity index (χ4v) is 0. The van der Waals surface area contributed by atoms with Crippen molar-refractivity contribution in [2.45, 2.75) is 13.8 Å². The van der Waals surface area contributed by atoms with Crippen molar-refractivity contribution < 1.29 is 49.5 Å². The molecule has 0 fully saturated rings. The van der Waals surface area contributed by atoms with Crippen LogP contribution in [0.25, 0.3) is 0 Å². The maximum absolute atomic E-state index is 9.60. The number of carboxylic acid groups (broad SMARTS) is 5. The minimum Gasteiger partial charge on any atom is -0.478 e. The molecule has 0 spiro atoms. The second-order valence-corrected chi connectivity index (χ2v) is 3.80. The summed E-state index contributed by atoms with van der Waals surface area (Å²) in [5.74, 6) is -4.81. The molecule has 0 aromatic carbocycles. The van der Waals surface area contributed by atoms with Crippen molar-refractivity contribution in [1.29, 1.82) is 0 Å². The monoisotopic (exact) mass is 388 g/mol. The van der Waals surface area contributed by atoms with Crippen LogP contribution in [0.3, 0.4) is 0 Å². The summed E-state index contributed by atoms with van der Waals surface area (Å²) in [6, 6.07) is 0. The third-order valence-corrected chi connectivity index (χ3v) is 1.25. The quantitative estimate of drug-likeness (QED) is 0.436. The predicted octanol–water partition coefficient (Wildman–Crippen LogP) is 2.07. The lowest BCUT2D eigenvalue weighted by molar-refractivity contribution is -0.133. The van der Waals surface area contributed by atoms with Crippen molar-refractivity contribution in [2.75, 3.05) is 0 Å². The van der Waals surface area contributed by atoms with Gasteiger partial charge in [-0.3, -0.25) is 0 Å². The van der Waals surface area contributed by atoms with Gasteiger partial charge >= 0.3 is 29.8 Å². The summed E-state index contributed by atoms with van der Waals surface area (Å²) in [4.78, 5) is 46.9. The van der Waals surface area contributed by atoms with E-state index in [1.165, 1.54) is 13.8 Å². The van der Waals surface area contributed by atoms with Crippen LogP contribution in [0, 0.1) is 0 Å². The van der Waals surface area contributed by atoms with Gasteiger partial charge in [-0.2, -0.15) is 0 Å². The van der Waals surface area contributed by atoms with Crippen LogP contribution in [0.5, 0.6) is 0 Å². The molecular weight excluding hydrogens is 364 g/mol. The van der Waals surface area contributed by atoms with Gasteiger partial charge < -0.3 is 25.5 Å². The Morgan fingerprint density at radius 3 is 0.630 bits per heavy atom. The Morgan fingerprint density at radius 1 is 0.556 bits per heavy atom. The Balaban J connectivity index is -0.0000000749. The molecule has 0 atom stereocenters. The number of carboxylic acids is 5. The van der Waals surface area contributed by atoms with Crippen molar-refractivity contribution in [3.8, 4) is 0 Å². The first kappa shape index (κ1) is 34.4. The van der Waals surface area contributed by atoms with E-state index in [1.807, 2.05) is 0 Å². The SMILES string of the molecule is C=C(C)C(=O)O.C=C(C)C(=O)O.C=CC(=O)O.C=CC(=O)O.C=CC(=O)O. The maximum atomic E-state index is 9.60. The molecule has 0 aromatic rings. The molecule has 27 heavy (non-hydrogen) atoms. The number of aliphatic carboxylic acids is 5. The van der Waals surface area contributed by atoms with Gasteiger partial charge in [-0.25, -0.2) is 24.0 Å². The Labute approximate surface area is 156 Å². The number of rotatable bonds is 5. The van der Waals surface area contributed by atoms with Gasteiger partial charge in [-0.1, -0.05) is 32.9 Å². The van der Waals surface area contributed by atoms with Crippen LogP contribution in [0.15, 0.2) is 62.3 Å². The van der Waals surface area contributed by atoms with Crippen molar-refractivity contribution in [3.05, 3.63) is 62.3 Å². The van der Waals surface area contributed by atoms with E-state index in [9.17, 15) is 24.0 Å². The van der Waals surface area contributed by atoms with Crippen LogP contribution in [-0.2, 0) is 24.0 Å². The molecule has 0 unspecified atom stereocenters. The van der Waals surface area contributed by atoms with E-state index in [4.69, 9.17) is 25.5 Å². The molecule has 10 nitrogen and oxygen atoms in total. The molecule has 10 heteroatoms. The van der Waals surface area contributed by atoms with Crippen LogP contribution in [0.4, 0.5) is 0 Å². The van der Waals surface area contributed by atoms with Gasteiger partial charge in [0.25, 0.3) is 0 Å². The van der Waals surface area contributed by atoms with Crippen molar-refractivity contribution in [2.24, 2.45) is 0 Å². The fraction of sp³-hybridized carbons (Fsp3) is 0.118. The Hall–Kier alpha value is -3.95. The average Bonchev–Trinajstić information content (AvgIpc) is 2.56. The molecule has 0 rings (SSSR count). The van der Waals surface area contributed by atoms with Gasteiger partial charge in [0.1, 0.15) is 0 Å². The lowest BCUT2D eigenvalue weighted by Crippen LogP contribution is -1.92. The molecule has 0 aliphatic rings. The first-order chi connectivity index (χ1) is 12.1. The summed E-state index contributed by atoms with van der Waals surface area (Å²) in [6.45, 7) is 18.1. The molecule has 0 radical (unpaired) electrons. The Bertz CT molecular complexity index is 479. The third-order valence-electron chi connectivity index (χ3n) is 1.25. The lowest BCUT2D eigenvalue weighted by Gasteiger charge is -1.79. The van der Waals surface area contributed by atoms with Crippen molar-refractivity contribution >= 4 is 29.8 Å². The van der Waals surface area contributed by atoms with Crippen LogP contribution < -0.4 is 0 Å². The van der Waals surface area contributed by atoms with Gasteiger partial charge in [0.2, 0.25) is 0 Å². The molecule has 0 saturated carbocycles. The number of carbonyl (C=O) groups is 5. The highest BCUT2D eigenvalue weighted by atomic mass is 16.4. The van der Waals surface area contributed by atoms with E-state index in [1.54, 1.807) is 0 Å². The smallest absolute Gasteiger partial charge is 0.330 e. The van der Waals surface area contributed by atoms with Crippen molar-refractivity contribution in [3.63, 3.8) is 0 Å². The molecule has 5 N–H and O–H groups in total. The summed E-state index contributed by atoms with van der Waals surface area (Å²) in [7, 11) is 0. The van der Waals surface area contributed by atoms with E-state index in [2.05, 4.69) is 32.9 Å². The molecule has 0 bridgehead atoms. The number of hydrogen-bond donors (Lipinski definition) is 5. The highest BCUT2D eigenvalue weighted by Crippen LogP contribution is 1.81. The normalized spacial score (nSPS) is 6.89. The first-order valence-corrected chi connectivity index (χ1v) is 6.44. The second kappa shape index (κ2) is 24.3. The standard InChI is InChI=1S/2C4H6O2.3C3H4O2/c2*1-3(2)4(5)6;3*1-2-3(4)5/h2*1H2,2H3,(H,5,6);3*2H,1H2,(H,4,5). The zero-order valence-corrected chi connectivity index (χ0v) is 15.0. The van der Waals surface area contributed by atoms with Crippen molar-refractivity contribution in [1.82, 2.24) is 0 Å². The Kier molecular flexibility index (Phi) is 31.0. The van der Waals surface area contributed by atoms with E-state index < -0.39 is 29.8 Å². The van der Waals surface area contributed by atoms with Crippen LogP contribution in [0.1, 0.15) is 13.8 Å². The summed E-state index contributed by atoms with van der Waals surface area (Å²) in [6.07, 6.45) is 2.50. The lowest BCUT2D eigenvalue weighted by atomic mass is 10.4. The molecule has 0 aliphatic heterocycles. The zero-order chi connectivity index (χ0) is 23.2. The van der Waals surface area contributed by atoms with Gasteiger partial charge in [0, 0.05) is 29.4 Å². The molecular formula is C17H24O10. The Morgan fingerprint density at radius 2 is 0.630 bits per heavy atom. The molecule has 0 aliphatic carbocycles. The van der Waals surface area contributed by atoms with Crippen LogP contribution in [0.2, 0.25) is 0 Å². The third kappa shape index (κ3) is 87.8. The van der Waals surface area contributed by atoms with Crippen LogP contribution >= 0.6 is 0 Å². The zero-order valence-electron chi connectivity index (χ0n) is 15.0. The topological polar surface area (TPSA) is 186 Å². The van der Waals surface area contributed by atoms with Crippen LogP contribution in [-0.4, -0.2) is 55.4 Å². The minimum atomic E-state index is -0.981. The van der Waals surface area contributed by atoms with E-state index >= 15 is 0 Å². The van der Waals surface area contributed by atoms with E-state index in [-0.39, 0.29) is 11.1 Å². The molecule has 152 valence electrons. The molecule has 0 heterocycles. The van der Waals surface area contributed by atoms with E-state index in [0.717, 1.165) is 18.2 Å². The van der Waals surface area contributed by atoms with Gasteiger partial charge in [0.05, 0.1) is 0 Å². The summed E-state index contributed by atoms with van der Waals surface area (Å²) < 4.78 is 0.